The molecule has 0 radical (unpaired) electrons. The zero-order chi connectivity index (χ0) is 11.3. The summed E-state index contributed by atoms with van der Waals surface area (Å²) in [4.78, 5) is 10.6. The van der Waals surface area contributed by atoms with Gasteiger partial charge in [0.25, 0.3) is 0 Å². The van der Waals surface area contributed by atoms with E-state index < -0.39 is 5.97 Å². The van der Waals surface area contributed by atoms with Crippen LogP contribution >= 0.6 is 0 Å². The minimum absolute atomic E-state index is 0.0302. The third-order valence-electron chi connectivity index (χ3n) is 2.21. The van der Waals surface area contributed by atoms with Crippen molar-refractivity contribution in [1.82, 2.24) is 0 Å². The number of benzene rings is 1. The van der Waals surface area contributed by atoms with Gasteiger partial charge in [0.15, 0.2) is 0 Å². The van der Waals surface area contributed by atoms with E-state index >= 15 is 0 Å². The van der Waals surface area contributed by atoms with E-state index in [0.717, 1.165) is 16.7 Å². The summed E-state index contributed by atoms with van der Waals surface area (Å²) in [5.74, 6) is -0.834. The highest BCUT2D eigenvalue weighted by Crippen LogP contribution is 2.14. The lowest BCUT2D eigenvalue weighted by molar-refractivity contribution is -0.136. The first-order valence-corrected chi connectivity index (χ1v) is 4.80. The summed E-state index contributed by atoms with van der Waals surface area (Å²) in [7, 11) is 0. The van der Waals surface area contributed by atoms with Crippen LogP contribution in [-0.4, -0.2) is 11.1 Å². The van der Waals surface area contributed by atoms with Gasteiger partial charge in [-0.05, 0) is 24.5 Å². The van der Waals surface area contributed by atoms with E-state index in [9.17, 15) is 4.79 Å². The van der Waals surface area contributed by atoms with Crippen LogP contribution in [0, 0.1) is 18.3 Å². The molecule has 1 rings (SSSR count). The number of rotatable bonds is 4. The second-order valence-electron chi connectivity index (χ2n) is 3.50. The van der Waals surface area contributed by atoms with Crippen molar-refractivity contribution >= 4 is 5.97 Å². The molecule has 1 aromatic rings. The summed E-state index contributed by atoms with van der Waals surface area (Å²) < 4.78 is 0. The highest BCUT2D eigenvalue weighted by atomic mass is 16.4. The molecule has 0 aliphatic carbocycles. The maximum absolute atomic E-state index is 10.6. The first-order chi connectivity index (χ1) is 7.13. The molecular formula is C12H13NO2. The molecule has 1 aromatic carbocycles. The molecule has 0 fully saturated rings. The zero-order valence-corrected chi connectivity index (χ0v) is 8.66. The largest absolute Gasteiger partial charge is 0.481 e. The van der Waals surface area contributed by atoms with Gasteiger partial charge < -0.3 is 5.11 Å². The summed E-state index contributed by atoms with van der Waals surface area (Å²) in [5, 5.41) is 17.2. The maximum atomic E-state index is 10.6. The molecular weight excluding hydrogens is 190 g/mol. The molecule has 1 N–H and O–H groups in total. The molecule has 0 unspecified atom stereocenters. The van der Waals surface area contributed by atoms with E-state index in [1.54, 1.807) is 0 Å². The molecule has 0 heterocycles. The average Bonchev–Trinajstić information content (AvgIpc) is 2.16. The van der Waals surface area contributed by atoms with E-state index in [1.807, 2.05) is 25.1 Å². The van der Waals surface area contributed by atoms with Gasteiger partial charge in [-0.2, -0.15) is 5.26 Å². The number of carboxylic acid groups (broad SMARTS) is 1. The number of hydrogen-bond acceptors (Lipinski definition) is 2. The fourth-order valence-electron chi connectivity index (χ4n) is 1.52. The standard InChI is InChI=1S/C12H13NO2/c1-9-4-5-10(3-2-6-13)11(7-9)8-12(14)15/h4-5,7H,2-3,8H2,1H3,(H,14,15). The molecule has 0 aliphatic heterocycles. The summed E-state index contributed by atoms with van der Waals surface area (Å²) in [6.07, 6.45) is 1.08. The summed E-state index contributed by atoms with van der Waals surface area (Å²) in [6, 6.07) is 7.79. The molecule has 3 nitrogen and oxygen atoms in total. The predicted molar refractivity (Wildman–Crippen MR) is 56.5 cm³/mol. The molecule has 0 spiro atoms. The van der Waals surface area contributed by atoms with E-state index in [-0.39, 0.29) is 6.42 Å². The van der Waals surface area contributed by atoms with Gasteiger partial charge in [0, 0.05) is 6.42 Å². The third-order valence-corrected chi connectivity index (χ3v) is 2.21. The summed E-state index contributed by atoms with van der Waals surface area (Å²) >= 11 is 0. The van der Waals surface area contributed by atoms with Crippen LogP contribution in [-0.2, 0) is 17.6 Å². The molecule has 0 aromatic heterocycles. The quantitative estimate of drug-likeness (QED) is 0.814. The number of nitriles is 1. The van der Waals surface area contributed by atoms with Crippen LogP contribution in [0.2, 0.25) is 0 Å². The Hall–Kier alpha value is -1.82. The summed E-state index contributed by atoms with van der Waals surface area (Å²) in [6.45, 7) is 1.93. The van der Waals surface area contributed by atoms with Crippen molar-refractivity contribution in [1.29, 1.82) is 5.26 Å². The van der Waals surface area contributed by atoms with Gasteiger partial charge in [0.2, 0.25) is 0 Å². The topological polar surface area (TPSA) is 61.1 Å². The Morgan fingerprint density at radius 1 is 1.47 bits per heavy atom. The molecule has 0 aliphatic rings. The number of aliphatic carboxylic acids is 1. The molecule has 15 heavy (non-hydrogen) atoms. The smallest absolute Gasteiger partial charge is 0.307 e. The first kappa shape index (κ1) is 11.3. The molecule has 0 saturated heterocycles. The fraction of sp³-hybridized carbons (Fsp3) is 0.333. The molecule has 0 amide bonds. The Kier molecular flexibility index (Phi) is 3.87. The monoisotopic (exact) mass is 203 g/mol. The number of hydrogen-bond donors (Lipinski definition) is 1. The highest BCUT2D eigenvalue weighted by Gasteiger charge is 2.06. The van der Waals surface area contributed by atoms with E-state index in [4.69, 9.17) is 10.4 Å². The van der Waals surface area contributed by atoms with Crippen molar-refractivity contribution in [3.63, 3.8) is 0 Å². The van der Waals surface area contributed by atoms with E-state index in [0.29, 0.717) is 12.8 Å². The Morgan fingerprint density at radius 3 is 2.80 bits per heavy atom. The van der Waals surface area contributed by atoms with Gasteiger partial charge in [-0.1, -0.05) is 23.8 Å². The SMILES string of the molecule is Cc1ccc(CCC#N)c(CC(=O)O)c1. The van der Waals surface area contributed by atoms with Crippen LogP contribution in [0.1, 0.15) is 23.1 Å². The van der Waals surface area contributed by atoms with Gasteiger partial charge in [-0.15, -0.1) is 0 Å². The number of carboxylic acids is 1. The molecule has 78 valence electrons. The van der Waals surface area contributed by atoms with Gasteiger partial charge >= 0.3 is 5.97 Å². The van der Waals surface area contributed by atoms with E-state index in [1.165, 1.54) is 0 Å². The van der Waals surface area contributed by atoms with Gasteiger partial charge in [0.05, 0.1) is 12.5 Å². The number of aryl methyl sites for hydroxylation is 2. The Balaban J connectivity index is 2.93. The minimum atomic E-state index is -0.834. The van der Waals surface area contributed by atoms with Gasteiger partial charge in [-0.3, -0.25) is 4.79 Å². The zero-order valence-electron chi connectivity index (χ0n) is 8.66. The third kappa shape index (κ3) is 3.43. The minimum Gasteiger partial charge on any atom is -0.481 e. The Labute approximate surface area is 89.0 Å². The lowest BCUT2D eigenvalue weighted by Gasteiger charge is -2.07. The van der Waals surface area contributed by atoms with Crippen molar-refractivity contribution in [2.45, 2.75) is 26.2 Å². The van der Waals surface area contributed by atoms with Crippen molar-refractivity contribution in [2.75, 3.05) is 0 Å². The van der Waals surface area contributed by atoms with Crippen LogP contribution in [0.15, 0.2) is 18.2 Å². The average molecular weight is 203 g/mol. The fourth-order valence-corrected chi connectivity index (χ4v) is 1.52. The van der Waals surface area contributed by atoms with Crippen molar-refractivity contribution in [3.8, 4) is 6.07 Å². The van der Waals surface area contributed by atoms with Crippen molar-refractivity contribution < 1.29 is 9.90 Å². The first-order valence-electron chi connectivity index (χ1n) is 4.80. The predicted octanol–water partition coefficient (Wildman–Crippen LogP) is 2.08. The summed E-state index contributed by atoms with van der Waals surface area (Å²) in [5.41, 5.74) is 2.83. The van der Waals surface area contributed by atoms with Crippen molar-refractivity contribution in [3.05, 3.63) is 34.9 Å². The van der Waals surface area contributed by atoms with Crippen LogP contribution in [0.5, 0.6) is 0 Å². The molecule has 3 heteroatoms. The van der Waals surface area contributed by atoms with Crippen LogP contribution < -0.4 is 0 Å². The molecule has 0 bridgehead atoms. The lowest BCUT2D eigenvalue weighted by Crippen LogP contribution is -2.04. The van der Waals surface area contributed by atoms with E-state index in [2.05, 4.69) is 6.07 Å². The van der Waals surface area contributed by atoms with Gasteiger partial charge in [-0.25, -0.2) is 0 Å². The lowest BCUT2D eigenvalue weighted by atomic mass is 9.98. The molecule has 0 atom stereocenters. The van der Waals surface area contributed by atoms with Crippen molar-refractivity contribution in [2.24, 2.45) is 0 Å². The Bertz CT molecular complexity index is 405. The van der Waals surface area contributed by atoms with Crippen LogP contribution in [0.25, 0.3) is 0 Å². The number of carbonyl (C=O) groups is 1. The van der Waals surface area contributed by atoms with Crippen LogP contribution in [0.3, 0.4) is 0 Å². The second kappa shape index (κ2) is 5.16. The highest BCUT2D eigenvalue weighted by molar-refractivity contribution is 5.70. The maximum Gasteiger partial charge on any atom is 0.307 e. The Morgan fingerprint density at radius 2 is 2.20 bits per heavy atom. The normalized spacial score (nSPS) is 9.60. The van der Waals surface area contributed by atoms with Gasteiger partial charge in [0.1, 0.15) is 0 Å². The van der Waals surface area contributed by atoms with Crippen LogP contribution in [0.4, 0.5) is 0 Å². The molecule has 0 saturated carbocycles. The second-order valence-corrected chi connectivity index (χ2v) is 3.50. The number of nitrogens with zero attached hydrogens (tertiary/aromatic N) is 1.